The van der Waals surface area contributed by atoms with Crippen LogP contribution in [0.2, 0.25) is 0 Å². The van der Waals surface area contributed by atoms with Crippen LogP contribution < -0.4 is 4.72 Å². The van der Waals surface area contributed by atoms with Crippen LogP contribution in [0.4, 0.5) is 0 Å². The number of aromatic nitrogens is 3. The fourth-order valence-electron chi connectivity index (χ4n) is 3.33. The molecule has 1 fully saturated rings. The summed E-state index contributed by atoms with van der Waals surface area (Å²) in [4.78, 5) is 4.19. The second-order valence-corrected chi connectivity index (χ2v) is 7.74. The molecule has 1 aliphatic carbocycles. The number of aryl methyl sites for hydroxylation is 1. The van der Waals surface area contributed by atoms with E-state index in [0.29, 0.717) is 5.92 Å². The summed E-state index contributed by atoms with van der Waals surface area (Å²) in [6.07, 6.45) is 8.91. The van der Waals surface area contributed by atoms with Crippen LogP contribution in [-0.2, 0) is 16.6 Å². The fraction of sp³-hybridized carbons (Fsp3) is 0.846. The molecular formula is C13H22N4O2S. The van der Waals surface area contributed by atoms with Crippen molar-refractivity contribution >= 4 is 10.0 Å². The summed E-state index contributed by atoms with van der Waals surface area (Å²) >= 11 is 0. The van der Waals surface area contributed by atoms with Crippen molar-refractivity contribution < 1.29 is 8.42 Å². The lowest BCUT2D eigenvalue weighted by atomic mass is 9.91. The van der Waals surface area contributed by atoms with Crippen molar-refractivity contribution in [1.29, 1.82) is 0 Å². The van der Waals surface area contributed by atoms with Gasteiger partial charge >= 0.3 is 0 Å². The lowest BCUT2D eigenvalue weighted by Crippen LogP contribution is -2.36. The zero-order valence-corrected chi connectivity index (χ0v) is 12.5. The van der Waals surface area contributed by atoms with Gasteiger partial charge in [-0.1, -0.05) is 19.3 Å². The topological polar surface area (TPSA) is 76.9 Å². The Morgan fingerprint density at radius 1 is 1.20 bits per heavy atom. The molecule has 2 heterocycles. The van der Waals surface area contributed by atoms with Gasteiger partial charge in [-0.2, -0.15) is 5.10 Å². The largest absolute Gasteiger partial charge is 0.248 e. The molecule has 2 aliphatic rings. The first-order chi connectivity index (χ1) is 9.64. The number of nitrogens with one attached hydrogen (secondary N) is 1. The molecule has 20 heavy (non-hydrogen) atoms. The van der Waals surface area contributed by atoms with Gasteiger partial charge in [0.25, 0.3) is 0 Å². The first-order valence-corrected chi connectivity index (χ1v) is 9.17. The average molecular weight is 298 g/mol. The van der Waals surface area contributed by atoms with Crippen LogP contribution in [0.25, 0.3) is 0 Å². The molecule has 0 amide bonds. The molecule has 7 heteroatoms. The Bertz CT molecular complexity index is 548. The number of nitrogens with zero attached hydrogens (tertiary/aromatic N) is 3. The molecule has 1 saturated carbocycles. The van der Waals surface area contributed by atoms with Gasteiger partial charge in [0.1, 0.15) is 12.2 Å². The molecule has 0 spiro atoms. The second-order valence-electron chi connectivity index (χ2n) is 5.94. The van der Waals surface area contributed by atoms with Gasteiger partial charge in [0, 0.05) is 6.54 Å². The predicted molar refractivity (Wildman–Crippen MR) is 75.5 cm³/mol. The molecule has 0 saturated heterocycles. The Hall–Kier alpha value is -0.950. The Kier molecular flexibility index (Phi) is 4.07. The first-order valence-electron chi connectivity index (χ1n) is 7.52. The van der Waals surface area contributed by atoms with E-state index in [1.165, 1.54) is 12.7 Å². The number of rotatable bonds is 4. The molecule has 6 nitrogen and oxygen atoms in total. The van der Waals surface area contributed by atoms with Crippen LogP contribution in [0.15, 0.2) is 6.33 Å². The lowest BCUT2D eigenvalue weighted by molar-refractivity contribution is 0.376. The highest BCUT2D eigenvalue weighted by molar-refractivity contribution is 7.89. The molecule has 112 valence electrons. The van der Waals surface area contributed by atoms with Crippen LogP contribution in [0.5, 0.6) is 0 Å². The molecule has 1 N–H and O–H groups in total. The van der Waals surface area contributed by atoms with E-state index in [9.17, 15) is 8.42 Å². The number of sulfonamides is 1. The first kappa shape index (κ1) is 14.0. The molecule has 1 aromatic rings. The number of hydrogen-bond donors (Lipinski definition) is 1. The average Bonchev–Trinajstić information content (AvgIpc) is 2.88. The van der Waals surface area contributed by atoms with E-state index in [1.807, 2.05) is 0 Å². The molecule has 3 rings (SSSR count). The molecular weight excluding hydrogens is 276 g/mol. The standard InChI is InChI=1S/C13H22N4O2S/c18-20(19,9-11-5-2-1-3-6-11)16-12-7-4-8-17-13(12)14-10-15-17/h10-12,16H,1-9H2. The van der Waals surface area contributed by atoms with Gasteiger partial charge in [-0.25, -0.2) is 22.8 Å². The third-order valence-electron chi connectivity index (χ3n) is 4.32. The summed E-state index contributed by atoms with van der Waals surface area (Å²) in [6.45, 7) is 0.830. The van der Waals surface area contributed by atoms with Gasteiger partial charge in [-0.05, 0) is 31.6 Å². The van der Waals surface area contributed by atoms with Crippen molar-refractivity contribution in [2.75, 3.05) is 5.75 Å². The molecule has 0 radical (unpaired) electrons. The second kappa shape index (κ2) is 5.81. The van der Waals surface area contributed by atoms with E-state index < -0.39 is 10.0 Å². The van der Waals surface area contributed by atoms with Crippen molar-refractivity contribution in [3.8, 4) is 0 Å². The summed E-state index contributed by atoms with van der Waals surface area (Å²) in [7, 11) is -3.23. The van der Waals surface area contributed by atoms with Gasteiger partial charge in [0.15, 0.2) is 0 Å². The molecule has 1 unspecified atom stereocenters. The number of hydrogen-bond acceptors (Lipinski definition) is 4. The highest BCUT2D eigenvalue weighted by Crippen LogP contribution is 2.27. The fourth-order valence-corrected chi connectivity index (χ4v) is 5.04. The Morgan fingerprint density at radius 3 is 2.80 bits per heavy atom. The highest BCUT2D eigenvalue weighted by Gasteiger charge is 2.28. The maximum atomic E-state index is 12.3. The minimum absolute atomic E-state index is 0.208. The Morgan fingerprint density at radius 2 is 2.00 bits per heavy atom. The quantitative estimate of drug-likeness (QED) is 0.916. The van der Waals surface area contributed by atoms with Crippen molar-refractivity contribution in [3.63, 3.8) is 0 Å². The van der Waals surface area contributed by atoms with E-state index >= 15 is 0 Å². The van der Waals surface area contributed by atoms with Crippen molar-refractivity contribution in [3.05, 3.63) is 12.2 Å². The third-order valence-corrected chi connectivity index (χ3v) is 5.88. The van der Waals surface area contributed by atoms with Gasteiger partial charge in [-0.3, -0.25) is 0 Å². The van der Waals surface area contributed by atoms with Gasteiger partial charge < -0.3 is 0 Å². The maximum Gasteiger partial charge on any atom is 0.212 e. The Labute approximate surface area is 120 Å². The van der Waals surface area contributed by atoms with Crippen molar-refractivity contribution in [1.82, 2.24) is 19.5 Å². The van der Waals surface area contributed by atoms with Crippen LogP contribution in [0.3, 0.4) is 0 Å². The van der Waals surface area contributed by atoms with E-state index in [0.717, 1.165) is 50.9 Å². The summed E-state index contributed by atoms with van der Waals surface area (Å²) < 4.78 is 29.3. The Balaban J connectivity index is 1.65. The molecule has 1 aromatic heterocycles. The smallest absolute Gasteiger partial charge is 0.212 e. The molecule has 0 aromatic carbocycles. The normalized spacial score (nSPS) is 24.5. The summed E-state index contributed by atoms with van der Waals surface area (Å²) in [5, 5.41) is 4.12. The van der Waals surface area contributed by atoms with E-state index in [2.05, 4.69) is 14.8 Å². The highest BCUT2D eigenvalue weighted by atomic mass is 32.2. The van der Waals surface area contributed by atoms with Crippen LogP contribution >= 0.6 is 0 Å². The van der Waals surface area contributed by atoms with E-state index in [4.69, 9.17) is 0 Å². The zero-order valence-electron chi connectivity index (χ0n) is 11.7. The SMILES string of the molecule is O=S(=O)(CC1CCCCC1)NC1CCCn2ncnc21. The van der Waals surface area contributed by atoms with Crippen LogP contribution in [0.1, 0.15) is 56.8 Å². The van der Waals surface area contributed by atoms with Crippen molar-refractivity contribution in [2.24, 2.45) is 5.92 Å². The maximum absolute atomic E-state index is 12.3. The third kappa shape index (κ3) is 3.20. The van der Waals surface area contributed by atoms with Crippen LogP contribution in [-0.4, -0.2) is 28.9 Å². The number of fused-ring (bicyclic) bond motifs is 1. The summed E-state index contributed by atoms with van der Waals surface area (Å²) in [5.74, 6) is 1.34. The zero-order chi connectivity index (χ0) is 14.0. The van der Waals surface area contributed by atoms with Gasteiger partial charge in [0.05, 0.1) is 11.8 Å². The van der Waals surface area contributed by atoms with Crippen molar-refractivity contribution in [2.45, 2.75) is 57.5 Å². The van der Waals surface area contributed by atoms with Gasteiger partial charge in [0.2, 0.25) is 10.0 Å². The predicted octanol–water partition coefficient (Wildman–Crippen LogP) is 1.61. The lowest BCUT2D eigenvalue weighted by Gasteiger charge is -2.25. The van der Waals surface area contributed by atoms with E-state index in [1.54, 1.807) is 4.68 Å². The molecule has 0 bridgehead atoms. The summed E-state index contributed by atoms with van der Waals surface area (Å²) in [6, 6.07) is -0.208. The monoisotopic (exact) mass is 298 g/mol. The van der Waals surface area contributed by atoms with Crippen LogP contribution in [0, 0.1) is 5.92 Å². The minimum Gasteiger partial charge on any atom is -0.248 e. The van der Waals surface area contributed by atoms with Gasteiger partial charge in [-0.15, -0.1) is 0 Å². The minimum atomic E-state index is -3.23. The molecule has 1 atom stereocenters. The molecule has 1 aliphatic heterocycles. The van der Waals surface area contributed by atoms with E-state index in [-0.39, 0.29) is 11.8 Å². The summed E-state index contributed by atoms with van der Waals surface area (Å²) in [5.41, 5.74) is 0.